The van der Waals surface area contributed by atoms with Gasteiger partial charge in [-0.2, -0.15) is 10.4 Å². The number of nitrogens with zero attached hydrogens (tertiary/aromatic N) is 5. The normalized spacial score (nSPS) is 33.2. The second kappa shape index (κ2) is 8.73. The van der Waals surface area contributed by atoms with Gasteiger partial charge in [0.1, 0.15) is 11.9 Å². The first-order chi connectivity index (χ1) is 16.5. The SMILES string of the molecule is CN1CC[C@H](NC(=O)C2[C@H]3CN(C4=NN(c5ccc(C#N)c(Cl)c5)C(C5CCCC5)C4)C[C@@H]23)C1. The number of carbonyl (C=O) groups excluding carboxylic acids is 1. The summed E-state index contributed by atoms with van der Waals surface area (Å²) < 4.78 is 0. The number of piperidine rings is 1. The Morgan fingerprint density at radius 1 is 1.18 bits per heavy atom. The Morgan fingerprint density at radius 3 is 2.59 bits per heavy atom. The topological polar surface area (TPSA) is 75.0 Å². The summed E-state index contributed by atoms with van der Waals surface area (Å²) in [7, 11) is 2.12. The Kier molecular flexibility index (Phi) is 5.69. The summed E-state index contributed by atoms with van der Waals surface area (Å²) >= 11 is 6.37. The summed E-state index contributed by atoms with van der Waals surface area (Å²) in [6.07, 6.45) is 7.09. The van der Waals surface area contributed by atoms with E-state index in [1.54, 1.807) is 6.07 Å². The lowest BCUT2D eigenvalue weighted by Gasteiger charge is -2.28. The van der Waals surface area contributed by atoms with Crippen LogP contribution in [0.3, 0.4) is 0 Å². The number of anilines is 1. The van der Waals surface area contributed by atoms with Crippen molar-refractivity contribution in [1.29, 1.82) is 5.26 Å². The number of likely N-dealkylation sites (N-methyl/N-ethyl adjacent to an activating group) is 1. The number of benzene rings is 1. The van der Waals surface area contributed by atoms with Crippen molar-refractivity contribution in [1.82, 2.24) is 15.1 Å². The molecule has 5 aliphatic rings. The Labute approximate surface area is 206 Å². The number of halogens is 1. The number of hydrazone groups is 1. The minimum atomic E-state index is 0.184. The molecule has 34 heavy (non-hydrogen) atoms. The Bertz CT molecular complexity index is 1030. The highest BCUT2D eigenvalue weighted by Crippen LogP contribution is 2.52. The molecule has 0 spiro atoms. The molecule has 0 bridgehead atoms. The van der Waals surface area contributed by atoms with Crippen molar-refractivity contribution in [3.05, 3.63) is 28.8 Å². The van der Waals surface area contributed by atoms with Crippen molar-refractivity contribution in [2.75, 3.05) is 38.2 Å². The first-order valence-corrected chi connectivity index (χ1v) is 13.2. The van der Waals surface area contributed by atoms with Crippen LogP contribution >= 0.6 is 11.6 Å². The first kappa shape index (κ1) is 22.2. The number of amidine groups is 1. The summed E-state index contributed by atoms with van der Waals surface area (Å²) in [6, 6.07) is 8.47. The second-order valence-corrected chi connectivity index (χ2v) is 11.4. The maximum Gasteiger partial charge on any atom is 0.224 e. The number of nitrogens with one attached hydrogen (secondary N) is 1. The molecule has 2 aliphatic carbocycles. The maximum atomic E-state index is 12.8. The minimum Gasteiger partial charge on any atom is -0.358 e. The van der Waals surface area contributed by atoms with Gasteiger partial charge in [0.05, 0.1) is 22.3 Å². The fraction of sp³-hybridized carbons (Fsp3) is 0.654. The van der Waals surface area contributed by atoms with Crippen LogP contribution in [-0.2, 0) is 4.79 Å². The second-order valence-electron chi connectivity index (χ2n) is 11.0. The molecule has 1 N–H and O–H groups in total. The first-order valence-electron chi connectivity index (χ1n) is 12.8. The predicted molar refractivity (Wildman–Crippen MR) is 133 cm³/mol. The van der Waals surface area contributed by atoms with E-state index >= 15 is 0 Å². The van der Waals surface area contributed by atoms with Gasteiger partial charge >= 0.3 is 0 Å². The number of rotatable bonds is 4. The van der Waals surface area contributed by atoms with Crippen LogP contribution in [0.15, 0.2) is 23.3 Å². The van der Waals surface area contributed by atoms with Crippen LogP contribution in [0.1, 0.15) is 44.1 Å². The van der Waals surface area contributed by atoms with Crippen LogP contribution in [0.4, 0.5) is 5.69 Å². The molecule has 6 rings (SSSR count). The molecule has 5 atom stereocenters. The average Bonchev–Trinajstić information content (AvgIpc) is 3.42. The molecule has 1 aromatic carbocycles. The summed E-state index contributed by atoms with van der Waals surface area (Å²) in [4.78, 5) is 17.5. The predicted octanol–water partition coefficient (Wildman–Crippen LogP) is 3.29. The minimum absolute atomic E-state index is 0.184. The van der Waals surface area contributed by atoms with Crippen LogP contribution in [0.5, 0.6) is 0 Å². The van der Waals surface area contributed by atoms with Gasteiger partial charge in [-0.25, -0.2) is 0 Å². The van der Waals surface area contributed by atoms with E-state index in [9.17, 15) is 10.1 Å². The van der Waals surface area contributed by atoms with Crippen LogP contribution in [-0.4, -0.2) is 66.9 Å². The molecule has 8 heteroatoms. The highest BCUT2D eigenvalue weighted by atomic mass is 35.5. The van der Waals surface area contributed by atoms with E-state index in [2.05, 4.69) is 33.2 Å². The molecule has 2 unspecified atom stereocenters. The number of nitriles is 1. The summed E-state index contributed by atoms with van der Waals surface area (Å²) in [5.41, 5.74) is 1.47. The number of hydrogen-bond donors (Lipinski definition) is 1. The molecule has 3 aliphatic heterocycles. The van der Waals surface area contributed by atoms with Gasteiger partial charge in [0.2, 0.25) is 5.91 Å². The van der Waals surface area contributed by atoms with Gasteiger partial charge in [-0.3, -0.25) is 9.80 Å². The average molecular weight is 481 g/mol. The van der Waals surface area contributed by atoms with E-state index in [1.165, 1.54) is 25.7 Å². The lowest BCUT2D eigenvalue weighted by atomic mass is 9.94. The van der Waals surface area contributed by atoms with Gasteiger partial charge in [-0.05, 0) is 68.8 Å². The highest BCUT2D eigenvalue weighted by molar-refractivity contribution is 6.32. The molecule has 1 amide bonds. The van der Waals surface area contributed by atoms with E-state index in [4.69, 9.17) is 16.7 Å². The molecular formula is C26H33ClN6O. The summed E-state index contributed by atoms with van der Waals surface area (Å²) in [5, 5.41) is 20.3. The monoisotopic (exact) mass is 480 g/mol. The molecule has 1 aromatic rings. The quantitative estimate of drug-likeness (QED) is 0.715. The summed E-state index contributed by atoms with van der Waals surface area (Å²) in [6.45, 7) is 3.91. The maximum absolute atomic E-state index is 12.8. The van der Waals surface area contributed by atoms with Gasteiger partial charge in [-0.15, -0.1) is 0 Å². The molecule has 180 valence electrons. The van der Waals surface area contributed by atoms with Crippen LogP contribution in [0, 0.1) is 35.0 Å². The third kappa shape index (κ3) is 3.95. The number of hydrogen-bond acceptors (Lipinski definition) is 6. The van der Waals surface area contributed by atoms with Crippen molar-refractivity contribution in [2.24, 2.45) is 28.8 Å². The van der Waals surface area contributed by atoms with E-state index < -0.39 is 0 Å². The lowest BCUT2D eigenvalue weighted by Crippen LogP contribution is -2.40. The zero-order chi connectivity index (χ0) is 23.4. The van der Waals surface area contributed by atoms with Crippen molar-refractivity contribution in [3.63, 3.8) is 0 Å². The molecule has 0 radical (unpaired) electrons. The zero-order valence-electron chi connectivity index (χ0n) is 19.8. The highest BCUT2D eigenvalue weighted by Gasteiger charge is 2.60. The van der Waals surface area contributed by atoms with E-state index in [-0.39, 0.29) is 11.8 Å². The molecular weight excluding hydrogens is 448 g/mol. The Balaban J connectivity index is 1.13. The standard InChI is InChI=1S/C26H33ClN6O/c1-31-9-8-18(13-31)29-26(34)25-20-14-32(15-21(20)25)24-11-23(16-4-2-3-5-16)33(30-24)19-7-6-17(12-28)22(27)10-19/h6-7,10,16,18,20-21,23,25H,2-5,8-9,11,13-15H2,1H3,(H,29,34)/t18-,20-,21+,23?,25?/m0/s1. The van der Waals surface area contributed by atoms with Crippen LogP contribution < -0.4 is 10.3 Å². The van der Waals surface area contributed by atoms with Crippen LogP contribution in [0.2, 0.25) is 5.02 Å². The Hall–Kier alpha value is -2.30. The fourth-order valence-corrected chi connectivity index (χ4v) is 7.09. The van der Waals surface area contributed by atoms with Crippen molar-refractivity contribution in [2.45, 2.75) is 50.6 Å². The summed E-state index contributed by atoms with van der Waals surface area (Å²) in [5.74, 6) is 3.16. The zero-order valence-corrected chi connectivity index (χ0v) is 20.5. The number of amides is 1. The van der Waals surface area contributed by atoms with Crippen molar-refractivity contribution < 1.29 is 4.79 Å². The van der Waals surface area contributed by atoms with E-state index in [1.807, 2.05) is 12.1 Å². The van der Waals surface area contributed by atoms with Crippen molar-refractivity contribution >= 4 is 29.0 Å². The van der Waals surface area contributed by atoms with E-state index in [0.29, 0.717) is 40.4 Å². The Morgan fingerprint density at radius 2 is 1.94 bits per heavy atom. The number of likely N-dealkylation sites (tertiary alicyclic amines) is 2. The van der Waals surface area contributed by atoms with Gasteiger partial charge in [0.15, 0.2) is 0 Å². The number of fused-ring (bicyclic) bond motifs is 1. The smallest absolute Gasteiger partial charge is 0.224 e. The lowest BCUT2D eigenvalue weighted by molar-refractivity contribution is -0.123. The van der Waals surface area contributed by atoms with Gasteiger partial charge in [-0.1, -0.05) is 24.4 Å². The molecule has 4 fully saturated rings. The van der Waals surface area contributed by atoms with E-state index in [0.717, 1.165) is 50.5 Å². The molecule has 0 aromatic heterocycles. The third-order valence-corrected chi connectivity index (χ3v) is 9.12. The molecule has 3 heterocycles. The van der Waals surface area contributed by atoms with Crippen molar-refractivity contribution in [3.8, 4) is 6.07 Å². The molecule has 2 saturated carbocycles. The molecule has 2 saturated heterocycles. The van der Waals surface area contributed by atoms with Gasteiger partial charge in [0, 0.05) is 38.0 Å². The largest absolute Gasteiger partial charge is 0.358 e. The van der Waals surface area contributed by atoms with Gasteiger partial charge in [0.25, 0.3) is 0 Å². The number of carbonyl (C=O) groups is 1. The molecule has 7 nitrogen and oxygen atoms in total. The fourth-order valence-electron chi connectivity index (χ4n) is 6.88. The van der Waals surface area contributed by atoms with Gasteiger partial charge < -0.3 is 15.1 Å². The third-order valence-electron chi connectivity index (χ3n) is 8.81. The van der Waals surface area contributed by atoms with Crippen LogP contribution in [0.25, 0.3) is 0 Å².